The number of hydrogen-bond acceptors (Lipinski definition) is 17. The highest BCUT2D eigenvalue weighted by molar-refractivity contribution is 7.90. The second-order valence-electron chi connectivity index (χ2n) is 23.8. The number of cyclic esters (lactones) is 1. The number of aliphatic imine (C=N–C) groups is 1. The third-order valence-electron chi connectivity index (χ3n) is 17.3. The molecule has 78 heavy (non-hydrogen) atoms. The molecule has 0 aliphatic carbocycles. The summed E-state index contributed by atoms with van der Waals surface area (Å²) >= 11 is 0. The van der Waals surface area contributed by atoms with E-state index in [9.17, 15) is 37.7 Å². The molecule has 2 bridgehead atoms. The third kappa shape index (κ3) is 14.7. The molecule has 440 valence electrons. The van der Waals surface area contributed by atoms with Gasteiger partial charge in [-0.15, -0.1) is 5.10 Å². The standard InChI is InChI=1S/C57H90FN5O14S/c1-16-45-57(12,68)52-35(5)47(59-39(9)64)33(3)27-55(10,23-21-32(2)31-72-52)51(36(6)49(37(7)53(67)75-45)76-46-28-56(11,71-14)50(66)38(8)74-46)77-54-48(65)44(25-34(4)73-54)62(13)24-22-41-30-63(61-60-41)42(29-58)26-40-17-19-43(20-18-40)78(15,69)70/h17-20,30,33-38,42,44-46,48-52,54,65-66,68H,2,16,21-29,31H2,1,3-15H3/b59-47+/t33-,34-,35+,36+,37-,38+,42+,44+,45-,46+,48-,49+,50+,51-,52-,54+,55-,56-,57-/m1/s1. The largest absolute Gasteiger partial charge is 0.459 e. The van der Waals surface area contributed by atoms with Crippen LogP contribution in [0.4, 0.5) is 4.39 Å². The van der Waals surface area contributed by atoms with Gasteiger partial charge in [0.2, 0.25) is 5.91 Å². The van der Waals surface area contributed by atoms with Crippen molar-refractivity contribution in [1.29, 1.82) is 0 Å². The molecule has 4 saturated heterocycles. The topological polar surface area (TPSA) is 240 Å². The zero-order valence-corrected chi connectivity index (χ0v) is 49.3. The maximum absolute atomic E-state index is 14.9. The fourth-order valence-corrected chi connectivity index (χ4v) is 13.2. The molecule has 1 aromatic carbocycles. The van der Waals surface area contributed by atoms with Crippen LogP contribution in [0.5, 0.6) is 0 Å². The van der Waals surface area contributed by atoms with Crippen LogP contribution in [0.15, 0.2) is 52.5 Å². The molecule has 21 heteroatoms. The predicted molar refractivity (Wildman–Crippen MR) is 290 cm³/mol. The Balaban J connectivity index is 1.37. The Hall–Kier alpha value is -3.61. The molecule has 6 rings (SSSR count). The quantitative estimate of drug-likeness (QED) is 0.133. The van der Waals surface area contributed by atoms with Crippen LogP contribution in [-0.2, 0) is 65.4 Å². The summed E-state index contributed by atoms with van der Waals surface area (Å²) in [6.45, 7) is 24.0. The smallest absolute Gasteiger partial charge is 0.311 e. The maximum atomic E-state index is 14.9. The first-order valence-corrected chi connectivity index (χ1v) is 29.6. The lowest BCUT2D eigenvalue weighted by atomic mass is 9.66. The Morgan fingerprint density at radius 3 is 2.35 bits per heavy atom. The van der Waals surface area contributed by atoms with Gasteiger partial charge in [-0.3, -0.25) is 9.59 Å². The molecule has 4 fully saturated rings. The van der Waals surface area contributed by atoms with Crippen LogP contribution in [0.25, 0.3) is 0 Å². The zero-order valence-electron chi connectivity index (χ0n) is 48.5. The Morgan fingerprint density at radius 1 is 1.05 bits per heavy atom. The first-order chi connectivity index (χ1) is 36.5. The molecule has 19 atom stereocenters. The minimum absolute atomic E-state index is 0.0595. The molecular formula is C57H90FN5O14S. The van der Waals surface area contributed by atoms with Crippen molar-refractivity contribution >= 4 is 27.4 Å². The number of hydrogen-bond donors (Lipinski definition) is 3. The van der Waals surface area contributed by atoms with Gasteiger partial charge in [-0.25, -0.2) is 22.5 Å². The summed E-state index contributed by atoms with van der Waals surface area (Å²) in [7, 11) is 0.0384. The van der Waals surface area contributed by atoms with Gasteiger partial charge in [0.15, 0.2) is 22.4 Å². The summed E-state index contributed by atoms with van der Waals surface area (Å²) in [5, 5.41) is 45.1. The van der Waals surface area contributed by atoms with Gasteiger partial charge in [-0.2, -0.15) is 0 Å². The number of likely N-dealkylation sites (N-methyl/N-ethyl adjacent to an activating group) is 1. The number of methoxy groups -OCH3 is 1. The number of aliphatic hydroxyl groups is 3. The van der Waals surface area contributed by atoms with E-state index in [1.807, 2.05) is 46.6 Å². The van der Waals surface area contributed by atoms with Gasteiger partial charge in [0.05, 0.1) is 65.3 Å². The molecule has 5 heterocycles. The number of alkyl halides is 1. The van der Waals surface area contributed by atoms with E-state index in [4.69, 9.17) is 33.2 Å². The van der Waals surface area contributed by atoms with Gasteiger partial charge in [0.1, 0.15) is 30.6 Å². The number of sulfone groups is 1. The number of carbonyl (C=O) groups excluding carboxylic acids is 2. The Labute approximate surface area is 461 Å². The summed E-state index contributed by atoms with van der Waals surface area (Å²) in [5.41, 5.74) is -1.10. The monoisotopic (exact) mass is 1120 g/mol. The summed E-state index contributed by atoms with van der Waals surface area (Å²) in [6.07, 6.45) is -3.80. The number of fused-ring (bicyclic) bond motifs is 5. The molecule has 2 aromatic rings. The van der Waals surface area contributed by atoms with Gasteiger partial charge in [0.25, 0.3) is 0 Å². The van der Waals surface area contributed by atoms with E-state index in [1.54, 1.807) is 46.0 Å². The van der Waals surface area contributed by atoms with Gasteiger partial charge >= 0.3 is 5.97 Å². The van der Waals surface area contributed by atoms with Gasteiger partial charge in [-0.05, 0) is 109 Å². The third-order valence-corrected chi connectivity index (χ3v) is 18.4. The van der Waals surface area contributed by atoms with E-state index in [0.29, 0.717) is 50.1 Å². The minimum Gasteiger partial charge on any atom is -0.459 e. The van der Waals surface area contributed by atoms with E-state index in [2.05, 4.69) is 28.8 Å². The van der Waals surface area contributed by atoms with E-state index < -0.39 is 142 Å². The predicted octanol–water partition coefficient (Wildman–Crippen LogP) is 6.19. The van der Waals surface area contributed by atoms with E-state index in [1.165, 1.54) is 30.8 Å². The number of benzene rings is 1. The highest BCUT2D eigenvalue weighted by Crippen LogP contribution is 2.47. The lowest BCUT2D eigenvalue weighted by molar-refractivity contribution is -0.314. The number of aliphatic hydroxyl groups excluding tert-OH is 2. The Morgan fingerprint density at radius 2 is 1.73 bits per heavy atom. The number of halogens is 1. The molecule has 0 spiro atoms. The average Bonchev–Trinajstić information content (AvgIpc) is 3.86. The van der Waals surface area contributed by atoms with Gasteiger partial charge in [0, 0.05) is 69.5 Å². The molecule has 0 radical (unpaired) electrons. The second-order valence-corrected chi connectivity index (χ2v) is 25.9. The summed E-state index contributed by atoms with van der Waals surface area (Å²) in [6, 6.07) is 5.22. The number of rotatable bonds is 15. The van der Waals surface area contributed by atoms with Crippen molar-refractivity contribution in [1.82, 2.24) is 19.9 Å². The summed E-state index contributed by atoms with van der Waals surface area (Å²) in [4.78, 5) is 34.8. The van der Waals surface area contributed by atoms with E-state index in [-0.39, 0.29) is 30.8 Å². The van der Waals surface area contributed by atoms with Crippen LogP contribution in [0.2, 0.25) is 0 Å². The van der Waals surface area contributed by atoms with Crippen molar-refractivity contribution in [2.45, 2.75) is 217 Å². The first kappa shape index (κ1) is 63.6. The molecule has 0 unspecified atom stereocenters. The van der Waals surface area contributed by atoms with Crippen molar-refractivity contribution in [3.05, 3.63) is 53.9 Å². The fourth-order valence-electron chi connectivity index (χ4n) is 12.6. The van der Waals surface area contributed by atoms with Crippen LogP contribution in [0, 0.1) is 29.1 Å². The molecule has 0 saturated carbocycles. The normalized spacial score (nSPS) is 38.8. The Kier molecular flexibility index (Phi) is 21.3. The van der Waals surface area contributed by atoms with E-state index in [0.717, 1.165) is 17.4 Å². The summed E-state index contributed by atoms with van der Waals surface area (Å²) < 4.78 is 86.2. The van der Waals surface area contributed by atoms with Crippen LogP contribution < -0.4 is 0 Å². The van der Waals surface area contributed by atoms with E-state index >= 15 is 0 Å². The fraction of sp³-hybridized carbons (Fsp3) is 0.772. The molecule has 19 nitrogen and oxygen atoms in total. The summed E-state index contributed by atoms with van der Waals surface area (Å²) in [5.74, 6) is -3.84. The molecular weight excluding hydrogens is 1030 g/mol. The van der Waals surface area contributed by atoms with Crippen molar-refractivity contribution in [2.75, 3.05) is 40.2 Å². The molecule has 3 N–H and O–H groups in total. The van der Waals surface area contributed by atoms with Crippen molar-refractivity contribution in [2.24, 2.45) is 34.1 Å². The SMILES string of the molecule is C=C1CC[C@]2(C)C[C@@H](C)/C(=N\C(C)=O)[C@H](C)[C@@H](OC1)[C@](C)(O)[C@@H](CC)OC(=O)[C@H](C)[C@@H](O[C@H]1C[C@@](C)(OC)[C@@H](O)[C@H](C)O1)[C@H](C)[C@H]2O[C@@H]1O[C@H](C)C[C@H](N(C)CCc2cn([C@H](CF)Cc3ccc(S(C)(=O)=O)cc3)nn2)[C@H]1O. The van der Waals surface area contributed by atoms with Crippen LogP contribution in [0.1, 0.15) is 132 Å². The number of esters is 1. The van der Waals surface area contributed by atoms with Crippen molar-refractivity contribution in [3.8, 4) is 0 Å². The number of amides is 1. The minimum atomic E-state index is -3.38. The van der Waals surface area contributed by atoms with Crippen LogP contribution in [0.3, 0.4) is 0 Å². The van der Waals surface area contributed by atoms with Crippen molar-refractivity contribution in [3.63, 3.8) is 0 Å². The highest BCUT2D eigenvalue weighted by atomic mass is 32.2. The lowest BCUT2D eigenvalue weighted by Crippen LogP contribution is -2.60. The van der Waals surface area contributed by atoms with Crippen LogP contribution in [-0.4, -0.2) is 180 Å². The average molecular weight is 1120 g/mol. The molecule has 4 aliphatic rings. The second kappa shape index (κ2) is 26.1. The number of ether oxygens (including phenoxy) is 7. The number of aromatic nitrogens is 3. The Bertz CT molecular complexity index is 2500. The number of carbonyl (C=O) groups is 2. The lowest BCUT2D eigenvalue weighted by Gasteiger charge is -2.50. The van der Waals surface area contributed by atoms with Crippen molar-refractivity contribution < 1.29 is 70.9 Å². The molecule has 1 amide bonds. The van der Waals surface area contributed by atoms with Crippen LogP contribution >= 0.6 is 0 Å². The molecule has 1 aromatic heterocycles. The van der Waals surface area contributed by atoms with Gasteiger partial charge in [-0.1, -0.05) is 64.1 Å². The highest BCUT2D eigenvalue weighted by Gasteiger charge is 2.54. The first-order valence-electron chi connectivity index (χ1n) is 27.8. The zero-order chi connectivity index (χ0) is 57.8. The number of nitrogens with zero attached hydrogens (tertiary/aromatic N) is 5. The van der Waals surface area contributed by atoms with Gasteiger partial charge < -0.3 is 53.4 Å². The maximum Gasteiger partial charge on any atom is 0.311 e. The molecule has 4 aliphatic heterocycles.